The topological polar surface area (TPSA) is 94.2 Å². The second-order valence-corrected chi connectivity index (χ2v) is 7.13. The molecule has 0 spiro atoms. The Bertz CT molecular complexity index is 1000. The summed E-state index contributed by atoms with van der Waals surface area (Å²) in [4.78, 5) is 4.78. The summed E-state index contributed by atoms with van der Waals surface area (Å²) in [7, 11) is 3.63. The molecule has 0 unspecified atom stereocenters. The zero-order valence-corrected chi connectivity index (χ0v) is 18.3. The maximum atomic E-state index is 5.15. The number of rotatable bonds is 8. The molecule has 160 valence electrons. The van der Waals surface area contributed by atoms with Gasteiger partial charge in [-0.1, -0.05) is 18.2 Å². The van der Waals surface area contributed by atoms with E-state index in [9.17, 15) is 0 Å². The predicted octanol–water partition coefficient (Wildman–Crippen LogP) is 1.81. The van der Waals surface area contributed by atoms with Crippen molar-refractivity contribution in [2.24, 2.45) is 12.0 Å². The molecule has 0 aliphatic rings. The molecular weight excluding hydrogens is 380 g/mol. The molecule has 0 saturated carbocycles. The minimum absolute atomic E-state index is 0.509. The first-order valence-electron chi connectivity index (χ1n) is 9.97. The Labute approximate surface area is 177 Å². The van der Waals surface area contributed by atoms with Crippen LogP contribution in [-0.4, -0.2) is 50.8 Å². The van der Waals surface area contributed by atoms with E-state index in [0.29, 0.717) is 32.2 Å². The third-order valence-electron chi connectivity index (χ3n) is 4.83. The number of aromatic nitrogens is 5. The predicted molar refractivity (Wildman–Crippen MR) is 117 cm³/mol. The second kappa shape index (κ2) is 10.0. The molecule has 2 aromatic heterocycles. The number of hydrogen-bond donors (Lipinski definition) is 2. The number of guanidine groups is 1. The largest absolute Gasteiger partial charge is 0.383 e. The maximum absolute atomic E-state index is 5.15. The van der Waals surface area contributed by atoms with Crippen LogP contribution in [0.15, 0.2) is 35.3 Å². The lowest BCUT2D eigenvalue weighted by molar-refractivity contribution is 0.203. The number of hydrogen-bond acceptors (Lipinski definition) is 5. The Balaban J connectivity index is 1.78. The van der Waals surface area contributed by atoms with Crippen molar-refractivity contribution in [1.29, 1.82) is 0 Å². The van der Waals surface area contributed by atoms with Gasteiger partial charge in [-0.25, -0.2) is 9.67 Å². The van der Waals surface area contributed by atoms with E-state index in [-0.39, 0.29) is 0 Å². The van der Waals surface area contributed by atoms with Crippen LogP contribution < -0.4 is 10.6 Å². The van der Waals surface area contributed by atoms with Gasteiger partial charge in [0.15, 0.2) is 11.8 Å². The number of methoxy groups -OCH3 is 1. The molecule has 0 fully saturated rings. The van der Waals surface area contributed by atoms with Gasteiger partial charge in [-0.15, -0.1) is 10.2 Å². The highest BCUT2D eigenvalue weighted by atomic mass is 16.5. The van der Waals surface area contributed by atoms with Gasteiger partial charge in [-0.2, -0.15) is 5.10 Å². The summed E-state index contributed by atoms with van der Waals surface area (Å²) < 4.78 is 9.07. The molecule has 0 atom stereocenters. The monoisotopic (exact) mass is 410 g/mol. The van der Waals surface area contributed by atoms with Crippen LogP contribution in [-0.2, 0) is 24.9 Å². The van der Waals surface area contributed by atoms with Crippen molar-refractivity contribution in [3.8, 4) is 5.69 Å². The van der Waals surface area contributed by atoms with E-state index in [1.165, 1.54) is 0 Å². The lowest BCUT2D eigenvalue weighted by Gasteiger charge is -2.14. The van der Waals surface area contributed by atoms with E-state index in [1.54, 1.807) is 7.11 Å². The molecule has 30 heavy (non-hydrogen) atoms. The maximum Gasteiger partial charge on any atom is 0.192 e. The number of nitrogens with one attached hydrogen (secondary N) is 2. The van der Waals surface area contributed by atoms with E-state index in [0.717, 1.165) is 34.3 Å². The highest BCUT2D eigenvalue weighted by Crippen LogP contribution is 2.17. The summed E-state index contributed by atoms with van der Waals surface area (Å²) in [5, 5.41) is 19.5. The molecular formula is C21H30N8O. The summed E-state index contributed by atoms with van der Waals surface area (Å²) >= 11 is 0. The fourth-order valence-electron chi connectivity index (χ4n) is 3.10. The summed E-state index contributed by atoms with van der Waals surface area (Å²) in [6.07, 6.45) is 0. The first-order valence-corrected chi connectivity index (χ1v) is 9.97. The van der Waals surface area contributed by atoms with Crippen LogP contribution in [0.5, 0.6) is 0 Å². The second-order valence-electron chi connectivity index (χ2n) is 7.13. The number of aliphatic imine (C=N–C) groups is 1. The summed E-state index contributed by atoms with van der Waals surface area (Å²) in [6, 6.07) is 10.3. The molecule has 3 rings (SSSR count). The molecule has 0 aliphatic carbocycles. The Morgan fingerprint density at radius 3 is 2.60 bits per heavy atom. The quantitative estimate of drug-likeness (QED) is 0.334. The molecule has 0 radical (unpaired) electrons. The molecule has 9 nitrogen and oxygen atoms in total. The van der Waals surface area contributed by atoms with Crippen LogP contribution in [0.2, 0.25) is 0 Å². The molecule has 2 N–H and O–H groups in total. The van der Waals surface area contributed by atoms with E-state index in [4.69, 9.17) is 9.73 Å². The van der Waals surface area contributed by atoms with Gasteiger partial charge in [0, 0.05) is 26.4 Å². The van der Waals surface area contributed by atoms with Crippen molar-refractivity contribution in [2.75, 3.05) is 20.3 Å². The van der Waals surface area contributed by atoms with Crippen molar-refractivity contribution < 1.29 is 4.74 Å². The normalized spacial score (nSPS) is 11.7. The molecule has 9 heteroatoms. The average molecular weight is 411 g/mol. The molecule has 0 amide bonds. The van der Waals surface area contributed by atoms with E-state index in [2.05, 4.69) is 51.1 Å². The first-order chi connectivity index (χ1) is 14.5. The van der Waals surface area contributed by atoms with Gasteiger partial charge >= 0.3 is 0 Å². The van der Waals surface area contributed by atoms with Gasteiger partial charge in [-0.3, -0.25) is 0 Å². The van der Waals surface area contributed by atoms with Crippen molar-refractivity contribution in [2.45, 2.75) is 33.9 Å². The molecule has 3 aromatic rings. The number of benzene rings is 1. The lowest BCUT2D eigenvalue weighted by Crippen LogP contribution is -2.39. The third kappa shape index (κ3) is 5.24. The minimum atomic E-state index is 0.509. The SMILES string of the molecule is COCCNC(=NCc1ccccc1-n1nc(C)cc1C)NCc1nnc(C)n1C. The molecule has 1 aromatic carbocycles. The van der Waals surface area contributed by atoms with E-state index >= 15 is 0 Å². The van der Waals surface area contributed by atoms with Crippen molar-refractivity contribution in [1.82, 2.24) is 35.2 Å². The van der Waals surface area contributed by atoms with Gasteiger partial charge in [-0.05, 0) is 38.5 Å². The van der Waals surface area contributed by atoms with Crippen LogP contribution in [0, 0.1) is 20.8 Å². The first kappa shape index (κ1) is 21.5. The zero-order chi connectivity index (χ0) is 21.5. The van der Waals surface area contributed by atoms with Gasteiger partial charge in [0.1, 0.15) is 5.82 Å². The van der Waals surface area contributed by atoms with Crippen LogP contribution in [0.25, 0.3) is 5.69 Å². The Morgan fingerprint density at radius 2 is 1.93 bits per heavy atom. The number of para-hydroxylation sites is 1. The average Bonchev–Trinajstić information content (AvgIpc) is 3.24. The Kier molecular flexibility index (Phi) is 7.18. The zero-order valence-electron chi connectivity index (χ0n) is 18.3. The van der Waals surface area contributed by atoms with Gasteiger partial charge in [0.2, 0.25) is 0 Å². The molecule has 0 aliphatic heterocycles. The number of aryl methyl sites for hydroxylation is 3. The third-order valence-corrected chi connectivity index (χ3v) is 4.83. The van der Waals surface area contributed by atoms with Crippen molar-refractivity contribution in [3.63, 3.8) is 0 Å². The Hall–Kier alpha value is -3.20. The van der Waals surface area contributed by atoms with Gasteiger partial charge in [0.25, 0.3) is 0 Å². The Morgan fingerprint density at radius 1 is 1.13 bits per heavy atom. The van der Waals surface area contributed by atoms with E-state index < -0.39 is 0 Å². The van der Waals surface area contributed by atoms with Gasteiger partial charge in [0.05, 0.1) is 31.1 Å². The van der Waals surface area contributed by atoms with E-state index in [1.807, 2.05) is 42.3 Å². The fraction of sp³-hybridized carbons (Fsp3) is 0.429. The van der Waals surface area contributed by atoms with Crippen LogP contribution >= 0.6 is 0 Å². The highest BCUT2D eigenvalue weighted by Gasteiger charge is 2.10. The van der Waals surface area contributed by atoms with Crippen molar-refractivity contribution in [3.05, 3.63) is 58.9 Å². The molecule has 0 saturated heterocycles. The smallest absolute Gasteiger partial charge is 0.192 e. The molecule has 2 heterocycles. The summed E-state index contributed by atoms with van der Waals surface area (Å²) in [5.41, 5.74) is 4.21. The minimum Gasteiger partial charge on any atom is -0.383 e. The van der Waals surface area contributed by atoms with Crippen LogP contribution in [0.1, 0.15) is 28.6 Å². The van der Waals surface area contributed by atoms with Crippen LogP contribution in [0.4, 0.5) is 0 Å². The highest BCUT2D eigenvalue weighted by molar-refractivity contribution is 5.79. The standard InChI is InChI=1S/C21H30N8O/c1-15-12-16(2)29(27-15)19-9-7-6-8-18(19)13-23-21(22-10-11-30-5)24-14-20-26-25-17(3)28(20)4/h6-9,12H,10-11,13-14H2,1-5H3,(H2,22,23,24). The number of ether oxygens (including phenoxy) is 1. The van der Waals surface area contributed by atoms with Gasteiger partial charge < -0.3 is 19.9 Å². The summed E-state index contributed by atoms with van der Waals surface area (Å²) in [5.74, 6) is 2.41. The number of nitrogens with zero attached hydrogens (tertiary/aromatic N) is 6. The lowest BCUT2D eigenvalue weighted by atomic mass is 10.2. The van der Waals surface area contributed by atoms with Crippen LogP contribution in [0.3, 0.4) is 0 Å². The van der Waals surface area contributed by atoms with Crippen molar-refractivity contribution >= 4 is 5.96 Å². The fourth-order valence-corrected chi connectivity index (χ4v) is 3.10. The molecule has 0 bridgehead atoms. The summed E-state index contributed by atoms with van der Waals surface area (Å²) in [6.45, 7) is 8.26.